The van der Waals surface area contributed by atoms with Crippen molar-refractivity contribution in [2.75, 3.05) is 13.2 Å². The zero-order valence-electron chi connectivity index (χ0n) is 12.4. The van der Waals surface area contributed by atoms with Crippen LogP contribution in [0.3, 0.4) is 0 Å². The number of hydrogen-bond donors (Lipinski definition) is 1. The fourth-order valence-electron chi connectivity index (χ4n) is 3.13. The summed E-state index contributed by atoms with van der Waals surface area (Å²) in [6, 6.07) is 5.64. The molecule has 0 bridgehead atoms. The van der Waals surface area contributed by atoms with Crippen LogP contribution in [0.1, 0.15) is 37.9 Å². The van der Waals surface area contributed by atoms with Crippen molar-refractivity contribution in [1.82, 2.24) is 10.1 Å². The number of fused-ring (bicyclic) bond motifs is 1. The number of benzene rings is 1. The molecule has 4 rings (SSSR count). The molecule has 0 unspecified atom stereocenters. The molecule has 116 valence electrons. The highest BCUT2D eigenvalue weighted by Crippen LogP contribution is 2.36. The van der Waals surface area contributed by atoms with E-state index in [4.69, 9.17) is 19.7 Å². The van der Waals surface area contributed by atoms with Crippen LogP contribution in [0.2, 0.25) is 0 Å². The topological polar surface area (TPSA) is 83.4 Å². The lowest BCUT2D eigenvalue weighted by molar-refractivity contribution is 0.171. The van der Waals surface area contributed by atoms with E-state index in [-0.39, 0.29) is 0 Å². The van der Waals surface area contributed by atoms with Gasteiger partial charge in [0.05, 0.1) is 5.54 Å². The molecule has 0 radical (unpaired) electrons. The summed E-state index contributed by atoms with van der Waals surface area (Å²) in [6.07, 6.45) is 5.28. The molecule has 0 amide bonds. The second-order valence-corrected chi connectivity index (χ2v) is 6.00. The normalized spacial score (nSPS) is 19.9. The first-order chi connectivity index (χ1) is 10.7. The fourth-order valence-corrected chi connectivity index (χ4v) is 3.13. The fraction of sp³-hybridized carbons (Fsp3) is 0.500. The van der Waals surface area contributed by atoms with Crippen molar-refractivity contribution in [3.8, 4) is 23.0 Å². The lowest BCUT2D eigenvalue weighted by Crippen LogP contribution is -2.39. The summed E-state index contributed by atoms with van der Waals surface area (Å²) in [5.41, 5.74) is 6.82. The third-order valence-electron chi connectivity index (χ3n) is 4.41. The predicted molar refractivity (Wildman–Crippen MR) is 79.7 cm³/mol. The van der Waals surface area contributed by atoms with Gasteiger partial charge < -0.3 is 19.7 Å². The molecular weight excluding hydrogens is 282 g/mol. The van der Waals surface area contributed by atoms with Crippen LogP contribution in [-0.4, -0.2) is 23.4 Å². The van der Waals surface area contributed by atoms with Crippen molar-refractivity contribution >= 4 is 0 Å². The van der Waals surface area contributed by atoms with Crippen molar-refractivity contribution < 1.29 is 14.0 Å². The Morgan fingerprint density at radius 1 is 1.00 bits per heavy atom. The standard InChI is InChI=1S/C16H19N3O3/c17-16(6-2-1-3-7-16)15-18-14(22-19-15)11-4-5-12-13(10-11)21-9-8-20-12/h4-5,10H,1-3,6-9,17H2. The Kier molecular flexibility index (Phi) is 3.26. The molecule has 0 atom stereocenters. The van der Waals surface area contributed by atoms with E-state index in [2.05, 4.69) is 10.1 Å². The first-order valence-electron chi connectivity index (χ1n) is 7.78. The Balaban J connectivity index is 1.64. The van der Waals surface area contributed by atoms with Crippen molar-refractivity contribution in [1.29, 1.82) is 0 Å². The average molecular weight is 301 g/mol. The molecule has 22 heavy (non-hydrogen) atoms. The molecule has 6 heteroatoms. The van der Waals surface area contributed by atoms with Crippen LogP contribution >= 0.6 is 0 Å². The summed E-state index contributed by atoms with van der Waals surface area (Å²) in [6.45, 7) is 1.13. The van der Waals surface area contributed by atoms with Crippen molar-refractivity contribution in [2.24, 2.45) is 5.73 Å². The van der Waals surface area contributed by atoms with Gasteiger partial charge in [-0.15, -0.1) is 0 Å². The predicted octanol–water partition coefficient (Wildman–Crippen LogP) is 2.63. The summed E-state index contributed by atoms with van der Waals surface area (Å²) in [7, 11) is 0. The molecule has 0 spiro atoms. The van der Waals surface area contributed by atoms with E-state index in [9.17, 15) is 0 Å². The molecule has 1 aliphatic heterocycles. The van der Waals surface area contributed by atoms with Gasteiger partial charge in [0.25, 0.3) is 5.89 Å². The maximum Gasteiger partial charge on any atom is 0.258 e. The Morgan fingerprint density at radius 3 is 2.59 bits per heavy atom. The number of rotatable bonds is 2. The Labute approximate surface area is 128 Å². The molecule has 6 nitrogen and oxygen atoms in total. The zero-order chi connectivity index (χ0) is 15.0. The number of hydrogen-bond acceptors (Lipinski definition) is 6. The molecule has 1 aromatic carbocycles. The van der Waals surface area contributed by atoms with Gasteiger partial charge in [-0.05, 0) is 31.0 Å². The number of nitrogens with zero attached hydrogens (tertiary/aromatic N) is 2. The molecule has 2 aliphatic rings. The Hall–Kier alpha value is -2.08. The maximum atomic E-state index is 6.45. The van der Waals surface area contributed by atoms with Crippen molar-refractivity contribution in [3.63, 3.8) is 0 Å². The summed E-state index contributed by atoms with van der Waals surface area (Å²) < 4.78 is 16.5. The van der Waals surface area contributed by atoms with Gasteiger partial charge in [0.1, 0.15) is 13.2 Å². The number of nitrogens with two attached hydrogens (primary N) is 1. The van der Waals surface area contributed by atoms with Crippen LogP contribution in [0.25, 0.3) is 11.5 Å². The lowest BCUT2D eigenvalue weighted by Gasteiger charge is -2.29. The molecule has 1 aromatic heterocycles. The minimum Gasteiger partial charge on any atom is -0.486 e. The van der Waals surface area contributed by atoms with Crippen molar-refractivity contribution in [2.45, 2.75) is 37.6 Å². The summed E-state index contributed by atoms with van der Waals surface area (Å²) in [4.78, 5) is 4.53. The van der Waals surface area contributed by atoms with Crippen LogP contribution in [0.5, 0.6) is 11.5 Å². The lowest BCUT2D eigenvalue weighted by atomic mass is 9.82. The quantitative estimate of drug-likeness (QED) is 0.918. The first kappa shape index (κ1) is 13.6. The van der Waals surface area contributed by atoms with E-state index in [1.54, 1.807) is 0 Å². The van der Waals surface area contributed by atoms with Gasteiger partial charge in [-0.3, -0.25) is 0 Å². The molecule has 2 heterocycles. The monoisotopic (exact) mass is 301 g/mol. The van der Waals surface area contributed by atoms with Gasteiger partial charge >= 0.3 is 0 Å². The van der Waals surface area contributed by atoms with Gasteiger partial charge in [0.2, 0.25) is 0 Å². The first-order valence-corrected chi connectivity index (χ1v) is 7.78. The highest BCUT2D eigenvalue weighted by atomic mass is 16.6. The van der Waals surface area contributed by atoms with Crippen LogP contribution < -0.4 is 15.2 Å². The summed E-state index contributed by atoms with van der Waals surface area (Å²) in [5.74, 6) is 2.54. The van der Waals surface area contributed by atoms with Gasteiger partial charge in [-0.25, -0.2) is 0 Å². The zero-order valence-corrected chi connectivity index (χ0v) is 12.4. The number of aromatic nitrogens is 2. The van der Waals surface area contributed by atoms with Crippen molar-refractivity contribution in [3.05, 3.63) is 24.0 Å². The van der Waals surface area contributed by atoms with Gasteiger partial charge in [-0.1, -0.05) is 24.4 Å². The largest absolute Gasteiger partial charge is 0.486 e. The minimum atomic E-state index is -0.451. The summed E-state index contributed by atoms with van der Waals surface area (Å²) in [5, 5.41) is 4.12. The average Bonchev–Trinajstić information content (AvgIpc) is 3.06. The Morgan fingerprint density at radius 2 is 1.77 bits per heavy atom. The van der Waals surface area contributed by atoms with Gasteiger partial charge in [0.15, 0.2) is 17.3 Å². The highest BCUT2D eigenvalue weighted by Gasteiger charge is 2.34. The smallest absolute Gasteiger partial charge is 0.258 e. The molecular formula is C16H19N3O3. The van der Waals surface area contributed by atoms with Crippen LogP contribution in [0.15, 0.2) is 22.7 Å². The van der Waals surface area contributed by atoms with E-state index in [0.29, 0.717) is 30.7 Å². The maximum absolute atomic E-state index is 6.45. The molecule has 0 saturated heterocycles. The molecule has 1 saturated carbocycles. The van der Waals surface area contributed by atoms with Gasteiger partial charge in [-0.2, -0.15) is 4.98 Å². The third-order valence-corrected chi connectivity index (χ3v) is 4.41. The molecule has 2 aromatic rings. The second-order valence-electron chi connectivity index (χ2n) is 6.00. The highest BCUT2D eigenvalue weighted by molar-refractivity contribution is 5.60. The van der Waals surface area contributed by atoms with Crippen LogP contribution in [-0.2, 0) is 5.54 Å². The van der Waals surface area contributed by atoms with E-state index >= 15 is 0 Å². The van der Waals surface area contributed by atoms with E-state index in [0.717, 1.165) is 37.0 Å². The minimum absolute atomic E-state index is 0.451. The van der Waals surface area contributed by atoms with Crippen LogP contribution in [0.4, 0.5) is 0 Å². The second kappa shape index (κ2) is 5.28. The van der Waals surface area contributed by atoms with E-state index in [1.165, 1.54) is 6.42 Å². The molecule has 1 aliphatic carbocycles. The van der Waals surface area contributed by atoms with Gasteiger partial charge in [0, 0.05) is 5.56 Å². The van der Waals surface area contributed by atoms with E-state index < -0.39 is 5.54 Å². The van der Waals surface area contributed by atoms with E-state index in [1.807, 2.05) is 18.2 Å². The molecule has 1 fully saturated rings. The number of ether oxygens (including phenoxy) is 2. The summed E-state index contributed by atoms with van der Waals surface area (Å²) >= 11 is 0. The third kappa shape index (κ3) is 2.33. The van der Waals surface area contributed by atoms with Crippen LogP contribution in [0, 0.1) is 0 Å². The Bertz CT molecular complexity index is 677. The molecule has 2 N–H and O–H groups in total. The SMILES string of the molecule is NC1(c2noc(-c3ccc4c(c3)OCCO4)n2)CCCCC1.